The van der Waals surface area contributed by atoms with Crippen molar-refractivity contribution in [2.45, 2.75) is 13.0 Å². The van der Waals surface area contributed by atoms with Gasteiger partial charge in [0.15, 0.2) is 6.10 Å². The fraction of sp³-hybridized carbons (Fsp3) is 0.200. The van der Waals surface area contributed by atoms with Gasteiger partial charge >= 0.3 is 5.97 Å². The van der Waals surface area contributed by atoms with Crippen molar-refractivity contribution in [1.29, 1.82) is 0 Å². The van der Waals surface area contributed by atoms with E-state index < -0.39 is 22.9 Å². The molecule has 1 atom stereocenters. The van der Waals surface area contributed by atoms with Crippen LogP contribution in [-0.4, -0.2) is 30.0 Å². The molecule has 9 nitrogen and oxygen atoms in total. The minimum absolute atomic E-state index is 0.0393. The molecule has 2 rings (SSSR count). The van der Waals surface area contributed by atoms with Crippen LogP contribution in [-0.2, 0) is 9.53 Å². The number of carbonyl (C=O) groups is 2. The Kier molecular flexibility index (Phi) is 5.15. The first-order chi connectivity index (χ1) is 11.4. The van der Waals surface area contributed by atoms with E-state index in [4.69, 9.17) is 13.9 Å². The van der Waals surface area contributed by atoms with Gasteiger partial charge in [-0.05, 0) is 25.1 Å². The summed E-state index contributed by atoms with van der Waals surface area (Å²) in [6, 6.07) is 6.66. The van der Waals surface area contributed by atoms with E-state index >= 15 is 0 Å². The van der Waals surface area contributed by atoms with E-state index in [0.717, 1.165) is 6.07 Å². The highest BCUT2D eigenvalue weighted by molar-refractivity contribution is 5.97. The molecule has 0 radical (unpaired) electrons. The van der Waals surface area contributed by atoms with Crippen molar-refractivity contribution in [3.63, 3.8) is 0 Å². The van der Waals surface area contributed by atoms with Gasteiger partial charge < -0.3 is 19.2 Å². The maximum atomic E-state index is 12.1. The number of benzene rings is 1. The standard InChI is InChI=1S/C15H14N2O7/c1-9(24-15(19)13-4-3-7-23-13)14(18)16-11-8-10(17(20)21)5-6-12(11)22-2/h3-9H,1-2H3,(H,16,18). The number of rotatable bonds is 6. The van der Waals surface area contributed by atoms with Gasteiger partial charge in [0.25, 0.3) is 11.6 Å². The van der Waals surface area contributed by atoms with Gasteiger partial charge in [0.05, 0.1) is 24.0 Å². The molecule has 0 aliphatic rings. The number of amides is 1. The smallest absolute Gasteiger partial charge is 0.374 e. The topological polar surface area (TPSA) is 121 Å². The van der Waals surface area contributed by atoms with Gasteiger partial charge in [0, 0.05) is 12.1 Å². The molecule has 0 saturated heterocycles. The lowest BCUT2D eigenvalue weighted by molar-refractivity contribution is -0.384. The van der Waals surface area contributed by atoms with Gasteiger partial charge in [-0.3, -0.25) is 14.9 Å². The van der Waals surface area contributed by atoms with Crippen LogP contribution in [0.4, 0.5) is 11.4 Å². The fourth-order valence-electron chi connectivity index (χ4n) is 1.81. The van der Waals surface area contributed by atoms with Crippen molar-refractivity contribution in [1.82, 2.24) is 0 Å². The van der Waals surface area contributed by atoms with Crippen LogP contribution in [0.1, 0.15) is 17.5 Å². The third-order valence-corrected chi connectivity index (χ3v) is 3.03. The zero-order valence-corrected chi connectivity index (χ0v) is 12.8. The molecule has 1 N–H and O–H groups in total. The SMILES string of the molecule is COc1ccc([N+](=O)[O-])cc1NC(=O)C(C)OC(=O)c1ccco1. The number of hydrogen-bond acceptors (Lipinski definition) is 7. The molecular weight excluding hydrogens is 320 g/mol. The van der Waals surface area contributed by atoms with Gasteiger partial charge in [-0.15, -0.1) is 0 Å². The van der Waals surface area contributed by atoms with Crippen molar-refractivity contribution in [3.8, 4) is 5.75 Å². The van der Waals surface area contributed by atoms with Crippen molar-refractivity contribution in [2.24, 2.45) is 0 Å². The van der Waals surface area contributed by atoms with Crippen LogP contribution < -0.4 is 10.1 Å². The van der Waals surface area contributed by atoms with E-state index in [1.807, 2.05) is 0 Å². The van der Waals surface area contributed by atoms with Crippen LogP contribution in [0.3, 0.4) is 0 Å². The van der Waals surface area contributed by atoms with Gasteiger partial charge in [-0.1, -0.05) is 0 Å². The molecule has 24 heavy (non-hydrogen) atoms. The summed E-state index contributed by atoms with van der Waals surface area (Å²) < 4.78 is 14.9. The molecule has 1 amide bonds. The summed E-state index contributed by atoms with van der Waals surface area (Å²) in [6.45, 7) is 1.36. The normalized spacial score (nSPS) is 11.4. The molecule has 0 fully saturated rings. The summed E-state index contributed by atoms with van der Waals surface area (Å²) in [5.41, 5.74) is -0.121. The van der Waals surface area contributed by atoms with E-state index in [2.05, 4.69) is 5.32 Å². The van der Waals surface area contributed by atoms with Crippen LogP contribution in [0.2, 0.25) is 0 Å². The number of anilines is 1. The highest BCUT2D eigenvalue weighted by Crippen LogP contribution is 2.29. The lowest BCUT2D eigenvalue weighted by Gasteiger charge is -2.14. The molecule has 9 heteroatoms. The minimum atomic E-state index is -1.15. The minimum Gasteiger partial charge on any atom is -0.495 e. The molecule has 0 saturated carbocycles. The van der Waals surface area contributed by atoms with Gasteiger partial charge in [0.2, 0.25) is 5.76 Å². The number of nitrogens with zero attached hydrogens (tertiary/aromatic N) is 1. The first-order valence-corrected chi connectivity index (χ1v) is 6.80. The summed E-state index contributed by atoms with van der Waals surface area (Å²) >= 11 is 0. The Morgan fingerprint density at radius 2 is 2.08 bits per heavy atom. The number of esters is 1. The van der Waals surface area contributed by atoms with E-state index in [0.29, 0.717) is 0 Å². The molecule has 1 aromatic heterocycles. The second kappa shape index (κ2) is 7.27. The number of ether oxygens (including phenoxy) is 2. The van der Waals surface area contributed by atoms with Crippen LogP contribution in [0.25, 0.3) is 0 Å². The summed E-state index contributed by atoms with van der Waals surface area (Å²) in [4.78, 5) is 34.1. The van der Waals surface area contributed by atoms with Crippen LogP contribution >= 0.6 is 0 Å². The van der Waals surface area contributed by atoms with E-state index in [1.165, 1.54) is 44.6 Å². The lowest BCUT2D eigenvalue weighted by atomic mass is 10.2. The highest BCUT2D eigenvalue weighted by Gasteiger charge is 2.22. The molecule has 0 aliphatic carbocycles. The predicted molar refractivity (Wildman–Crippen MR) is 81.9 cm³/mol. The second-order valence-corrected chi connectivity index (χ2v) is 4.66. The Morgan fingerprint density at radius 3 is 2.67 bits per heavy atom. The summed E-state index contributed by atoms with van der Waals surface area (Å²) in [5.74, 6) is -1.27. The number of hydrogen-bond donors (Lipinski definition) is 1. The quantitative estimate of drug-likeness (QED) is 0.489. The maximum absolute atomic E-state index is 12.1. The van der Waals surface area contributed by atoms with E-state index in [9.17, 15) is 19.7 Å². The van der Waals surface area contributed by atoms with Crippen molar-refractivity contribution in [2.75, 3.05) is 12.4 Å². The van der Waals surface area contributed by atoms with Gasteiger partial charge in [0.1, 0.15) is 5.75 Å². The van der Waals surface area contributed by atoms with Crippen molar-refractivity contribution >= 4 is 23.3 Å². The number of nitro groups is 1. The Hall–Kier alpha value is -3.36. The summed E-state index contributed by atoms with van der Waals surface area (Å²) in [7, 11) is 1.36. The Labute approximate surface area is 136 Å². The predicted octanol–water partition coefficient (Wildman–Crippen LogP) is 2.38. The fourth-order valence-corrected chi connectivity index (χ4v) is 1.81. The number of carbonyl (C=O) groups excluding carboxylic acids is 2. The van der Waals surface area contributed by atoms with Crippen LogP contribution in [0, 0.1) is 10.1 Å². The van der Waals surface area contributed by atoms with Gasteiger partial charge in [-0.2, -0.15) is 0 Å². The maximum Gasteiger partial charge on any atom is 0.374 e. The average molecular weight is 334 g/mol. The molecule has 1 heterocycles. The molecule has 0 spiro atoms. The number of methoxy groups -OCH3 is 1. The van der Waals surface area contributed by atoms with Crippen molar-refractivity contribution in [3.05, 3.63) is 52.5 Å². The summed E-state index contributed by atoms with van der Waals surface area (Å²) in [6.07, 6.45) is 0.154. The number of non-ortho nitro benzene ring substituents is 1. The van der Waals surface area contributed by atoms with Crippen molar-refractivity contribution < 1.29 is 28.4 Å². The molecular formula is C15H14N2O7. The zero-order chi connectivity index (χ0) is 17.7. The molecule has 0 aliphatic heterocycles. The Balaban J connectivity index is 2.09. The average Bonchev–Trinajstić information content (AvgIpc) is 3.09. The number of nitrogens with one attached hydrogen (secondary N) is 1. The first kappa shape index (κ1) is 17.0. The molecule has 2 aromatic rings. The molecule has 1 unspecified atom stereocenters. The first-order valence-electron chi connectivity index (χ1n) is 6.80. The van der Waals surface area contributed by atoms with E-state index in [1.54, 1.807) is 0 Å². The largest absolute Gasteiger partial charge is 0.495 e. The Bertz CT molecular complexity index is 755. The number of furan rings is 1. The third-order valence-electron chi connectivity index (χ3n) is 3.03. The monoisotopic (exact) mass is 334 g/mol. The number of nitro benzene ring substituents is 1. The highest BCUT2D eigenvalue weighted by atomic mass is 16.6. The van der Waals surface area contributed by atoms with E-state index in [-0.39, 0.29) is 22.9 Å². The van der Waals surface area contributed by atoms with Crippen LogP contribution in [0.5, 0.6) is 5.75 Å². The third kappa shape index (κ3) is 3.88. The van der Waals surface area contributed by atoms with Gasteiger partial charge in [-0.25, -0.2) is 4.79 Å². The molecule has 126 valence electrons. The Morgan fingerprint density at radius 1 is 1.33 bits per heavy atom. The zero-order valence-electron chi connectivity index (χ0n) is 12.8. The molecule has 0 bridgehead atoms. The second-order valence-electron chi connectivity index (χ2n) is 4.66. The summed E-state index contributed by atoms with van der Waals surface area (Å²) in [5, 5.41) is 13.3. The lowest BCUT2D eigenvalue weighted by Crippen LogP contribution is -2.30. The molecule has 1 aromatic carbocycles. The van der Waals surface area contributed by atoms with Crippen LogP contribution in [0.15, 0.2) is 41.0 Å².